The maximum atomic E-state index is 11.7. The Morgan fingerprint density at radius 1 is 0.857 bits per heavy atom. The topological polar surface area (TPSA) is 66.8 Å². The minimum atomic E-state index is -1.23. The van der Waals surface area contributed by atoms with E-state index in [1.807, 2.05) is 6.92 Å². The molecule has 0 aliphatic rings. The van der Waals surface area contributed by atoms with Gasteiger partial charge in [-0.2, -0.15) is 0 Å². The summed E-state index contributed by atoms with van der Waals surface area (Å²) in [6.07, 6.45) is 8.61. The molecule has 0 aliphatic heterocycles. The molecule has 0 spiro atoms. The van der Waals surface area contributed by atoms with Crippen LogP contribution in [0.3, 0.4) is 0 Å². The minimum absolute atomic E-state index is 0.221. The number of hydrogen-bond acceptors (Lipinski definition) is 3. The highest BCUT2D eigenvalue weighted by Crippen LogP contribution is 2.08. The van der Waals surface area contributed by atoms with Crippen LogP contribution in [0, 0.1) is 0 Å². The summed E-state index contributed by atoms with van der Waals surface area (Å²) in [5, 5.41) is 8.99. The number of imide groups is 1. The molecular weight excluding hydrogens is 270 g/mol. The van der Waals surface area contributed by atoms with Crippen LogP contribution < -0.4 is 0 Å². The molecule has 0 fully saturated rings. The zero-order chi connectivity index (χ0) is 15.9. The van der Waals surface area contributed by atoms with Crippen molar-refractivity contribution in [1.29, 1.82) is 0 Å². The smallest absolute Gasteiger partial charge is 0.419 e. The Balaban J connectivity index is 3.70. The second-order valence-electron chi connectivity index (χ2n) is 5.38. The van der Waals surface area contributed by atoms with Gasteiger partial charge in [0.25, 0.3) is 0 Å². The SMILES string of the molecule is CCCCCCCCCOC(=O)N(CCCCC)C(=O)O. The predicted octanol–water partition coefficient (Wildman–Crippen LogP) is 5.04. The van der Waals surface area contributed by atoms with Gasteiger partial charge in [0.1, 0.15) is 0 Å². The molecule has 0 rings (SSSR count). The van der Waals surface area contributed by atoms with E-state index in [2.05, 4.69) is 6.92 Å². The van der Waals surface area contributed by atoms with Crippen molar-refractivity contribution >= 4 is 12.2 Å². The van der Waals surface area contributed by atoms with Gasteiger partial charge in [0.05, 0.1) is 6.61 Å². The van der Waals surface area contributed by atoms with Crippen molar-refractivity contribution in [2.75, 3.05) is 13.2 Å². The molecule has 5 nitrogen and oxygen atoms in total. The fourth-order valence-corrected chi connectivity index (χ4v) is 2.08. The Kier molecular flexibility index (Phi) is 12.9. The molecule has 0 bridgehead atoms. The number of nitrogens with zero attached hydrogens (tertiary/aromatic N) is 1. The molecule has 0 radical (unpaired) electrons. The lowest BCUT2D eigenvalue weighted by Gasteiger charge is -2.16. The molecule has 5 heteroatoms. The third-order valence-electron chi connectivity index (χ3n) is 3.41. The van der Waals surface area contributed by atoms with Gasteiger partial charge in [-0.05, 0) is 12.8 Å². The summed E-state index contributed by atoms with van der Waals surface area (Å²) in [5.41, 5.74) is 0. The normalized spacial score (nSPS) is 10.4. The second kappa shape index (κ2) is 13.7. The lowest BCUT2D eigenvalue weighted by molar-refractivity contribution is 0.0925. The number of carbonyl (C=O) groups is 2. The highest BCUT2D eigenvalue weighted by molar-refractivity contribution is 5.86. The quantitative estimate of drug-likeness (QED) is 0.512. The van der Waals surface area contributed by atoms with E-state index in [9.17, 15) is 9.59 Å². The molecule has 124 valence electrons. The van der Waals surface area contributed by atoms with E-state index in [-0.39, 0.29) is 6.54 Å². The first kappa shape index (κ1) is 19.7. The van der Waals surface area contributed by atoms with Gasteiger partial charge in [0, 0.05) is 6.54 Å². The molecule has 0 heterocycles. The molecule has 0 atom stereocenters. The monoisotopic (exact) mass is 301 g/mol. The first-order valence-corrected chi connectivity index (χ1v) is 8.30. The van der Waals surface area contributed by atoms with E-state index in [1.165, 1.54) is 25.7 Å². The number of ether oxygens (including phenoxy) is 1. The highest BCUT2D eigenvalue weighted by Gasteiger charge is 2.21. The van der Waals surface area contributed by atoms with E-state index >= 15 is 0 Å². The zero-order valence-corrected chi connectivity index (χ0v) is 13.6. The van der Waals surface area contributed by atoms with Gasteiger partial charge in [-0.15, -0.1) is 0 Å². The average molecular weight is 301 g/mol. The van der Waals surface area contributed by atoms with Crippen LogP contribution in [0.5, 0.6) is 0 Å². The number of hydrogen-bond donors (Lipinski definition) is 1. The molecule has 2 amide bonds. The number of rotatable bonds is 12. The number of carbonyl (C=O) groups excluding carboxylic acids is 1. The van der Waals surface area contributed by atoms with Gasteiger partial charge in [0.15, 0.2) is 0 Å². The van der Waals surface area contributed by atoms with E-state index < -0.39 is 12.2 Å². The molecule has 21 heavy (non-hydrogen) atoms. The summed E-state index contributed by atoms with van der Waals surface area (Å²) in [5.74, 6) is 0. The first-order chi connectivity index (χ1) is 10.1. The van der Waals surface area contributed by atoms with Crippen molar-refractivity contribution in [3.63, 3.8) is 0 Å². The Bertz CT molecular complexity index is 281. The van der Waals surface area contributed by atoms with Gasteiger partial charge in [0.2, 0.25) is 0 Å². The van der Waals surface area contributed by atoms with Crippen LogP contribution in [0.25, 0.3) is 0 Å². The van der Waals surface area contributed by atoms with Crippen LogP contribution in [0.15, 0.2) is 0 Å². The molecular formula is C16H31NO4. The molecule has 0 aromatic heterocycles. The lowest BCUT2D eigenvalue weighted by atomic mass is 10.1. The van der Waals surface area contributed by atoms with Crippen LogP contribution >= 0.6 is 0 Å². The van der Waals surface area contributed by atoms with Crippen molar-refractivity contribution in [3.05, 3.63) is 0 Å². The minimum Gasteiger partial charge on any atom is -0.465 e. The molecule has 0 aromatic rings. The molecule has 0 unspecified atom stereocenters. The van der Waals surface area contributed by atoms with E-state index in [4.69, 9.17) is 9.84 Å². The summed E-state index contributed by atoms with van der Waals surface area (Å²) in [6, 6.07) is 0. The summed E-state index contributed by atoms with van der Waals surface area (Å²) in [4.78, 5) is 23.4. The Morgan fingerprint density at radius 2 is 1.38 bits per heavy atom. The largest absolute Gasteiger partial charge is 0.465 e. The standard InChI is InChI=1S/C16H31NO4/c1-3-5-7-8-9-10-12-14-21-16(20)17(15(18)19)13-11-6-4-2/h3-14H2,1-2H3,(H,18,19). The van der Waals surface area contributed by atoms with Crippen LogP contribution in [0.1, 0.15) is 78.1 Å². The molecule has 0 aliphatic carbocycles. The van der Waals surface area contributed by atoms with E-state index in [0.717, 1.165) is 37.0 Å². The lowest BCUT2D eigenvalue weighted by Crippen LogP contribution is -2.37. The average Bonchev–Trinajstić information content (AvgIpc) is 2.45. The number of carboxylic acid groups (broad SMARTS) is 1. The fraction of sp³-hybridized carbons (Fsp3) is 0.875. The highest BCUT2D eigenvalue weighted by atomic mass is 16.6. The number of amides is 2. The first-order valence-electron chi connectivity index (χ1n) is 8.30. The number of unbranched alkanes of at least 4 members (excludes halogenated alkanes) is 8. The van der Waals surface area contributed by atoms with Gasteiger partial charge in [-0.25, -0.2) is 14.5 Å². The summed E-state index contributed by atoms with van der Waals surface area (Å²) < 4.78 is 5.03. The predicted molar refractivity (Wildman–Crippen MR) is 83.6 cm³/mol. The van der Waals surface area contributed by atoms with Crippen molar-refractivity contribution in [2.45, 2.75) is 78.1 Å². The van der Waals surface area contributed by atoms with E-state index in [1.54, 1.807) is 0 Å². The molecule has 0 saturated heterocycles. The summed E-state index contributed by atoms with van der Waals surface area (Å²) >= 11 is 0. The van der Waals surface area contributed by atoms with Crippen molar-refractivity contribution in [2.24, 2.45) is 0 Å². The van der Waals surface area contributed by atoms with Crippen molar-refractivity contribution in [3.8, 4) is 0 Å². The van der Waals surface area contributed by atoms with Gasteiger partial charge in [-0.1, -0.05) is 65.2 Å². The Morgan fingerprint density at radius 3 is 1.95 bits per heavy atom. The molecule has 0 aromatic carbocycles. The molecule has 1 N–H and O–H groups in total. The van der Waals surface area contributed by atoms with Crippen LogP contribution in [0.2, 0.25) is 0 Å². The van der Waals surface area contributed by atoms with Gasteiger partial charge < -0.3 is 9.84 Å². The van der Waals surface area contributed by atoms with Crippen molar-refractivity contribution < 1.29 is 19.4 Å². The Labute approximate surface area is 128 Å². The third kappa shape index (κ3) is 11.1. The third-order valence-corrected chi connectivity index (χ3v) is 3.41. The van der Waals surface area contributed by atoms with Crippen LogP contribution in [0.4, 0.5) is 9.59 Å². The van der Waals surface area contributed by atoms with Crippen LogP contribution in [-0.4, -0.2) is 35.3 Å². The summed E-state index contributed by atoms with van der Waals surface area (Å²) in [6.45, 7) is 4.75. The van der Waals surface area contributed by atoms with Crippen molar-refractivity contribution in [1.82, 2.24) is 4.90 Å². The maximum Gasteiger partial charge on any atom is 0.419 e. The Hall–Kier alpha value is -1.26. The maximum absolute atomic E-state index is 11.7. The zero-order valence-electron chi connectivity index (χ0n) is 13.6. The van der Waals surface area contributed by atoms with Gasteiger partial charge in [-0.3, -0.25) is 0 Å². The fourth-order valence-electron chi connectivity index (χ4n) is 2.08. The van der Waals surface area contributed by atoms with E-state index in [0.29, 0.717) is 13.0 Å². The van der Waals surface area contributed by atoms with Crippen LogP contribution in [-0.2, 0) is 4.74 Å². The molecule has 0 saturated carbocycles. The van der Waals surface area contributed by atoms with Gasteiger partial charge >= 0.3 is 12.2 Å². The summed E-state index contributed by atoms with van der Waals surface area (Å²) in [7, 11) is 0. The second-order valence-corrected chi connectivity index (χ2v) is 5.38.